The molecule has 0 saturated heterocycles. The van der Waals surface area contributed by atoms with E-state index in [-0.39, 0.29) is 11.0 Å². The van der Waals surface area contributed by atoms with Gasteiger partial charge in [-0.3, -0.25) is 0 Å². The van der Waals surface area contributed by atoms with Crippen molar-refractivity contribution >= 4 is 19.7 Å². The molecule has 1 unspecified atom stereocenters. The van der Waals surface area contributed by atoms with Gasteiger partial charge in [0.25, 0.3) is 0 Å². The number of allylic oxidation sites excluding steroid dienone is 4. The maximum absolute atomic E-state index is 4.01. The summed E-state index contributed by atoms with van der Waals surface area (Å²) in [6.45, 7) is 21.0. The molecule has 0 bridgehead atoms. The summed E-state index contributed by atoms with van der Waals surface area (Å²) < 4.78 is 0. The topological polar surface area (TPSA) is 12.0 Å². The molecule has 3 aromatic carbocycles. The van der Waals surface area contributed by atoms with Crippen LogP contribution in [0.5, 0.6) is 0 Å². The fraction of sp³-hybridized carbons (Fsp3) is 0.353. The average molecular weight is 494 g/mol. The largest absolute Gasteiger partial charge is 0.380 e. The van der Waals surface area contributed by atoms with E-state index in [0.29, 0.717) is 0 Å². The van der Waals surface area contributed by atoms with Crippen LogP contribution in [0.3, 0.4) is 0 Å². The number of hydrogen-bond donors (Lipinski definition) is 1. The Hall–Kier alpha value is -2.84. The van der Waals surface area contributed by atoms with E-state index in [0.717, 1.165) is 6.42 Å². The van der Waals surface area contributed by atoms with Crippen molar-refractivity contribution in [1.29, 1.82) is 0 Å². The van der Waals surface area contributed by atoms with E-state index in [9.17, 15) is 0 Å². The molecule has 1 aliphatic carbocycles. The Morgan fingerprint density at radius 1 is 0.750 bits per heavy atom. The van der Waals surface area contributed by atoms with Crippen molar-refractivity contribution in [3.8, 4) is 0 Å². The summed E-state index contributed by atoms with van der Waals surface area (Å²) in [6, 6.07) is 20.6. The molecule has 0 aliphatic heterocycles. The zero-order chi connectivity index (χ0) is 26.3. The predicted molar refractivity (Wildman–Crippen MR) is 162 cm³/mol. The van der Waals surface area contributed by atoms with Crippen LogP contribution in [0.25, 0.3) is 0 Å². The number of nitrogens with one attached hydrogen (secondary N) is 1. The molecular weight excluding hydrogens is 450 g/mol. The Kier molecular flexibility index (Phi) is 7.21. The summed E-state index contributed by atoms with van der Waals surface area (Å²) in [5, 5.41) is 5.55. The molecule has 0 saturated carbocycles. The van der Waals surface area contributed by atoms with Crippen LogP contribution in [-0.4, -0.2) is 14.3 Å². The normalized spacial score (nSPS) is 15.2. The molecule has 1 N–H and O–H groups in total. The fourth-order valence-electron chi connectivity index (χ4n) is 6.02. The highest BCUT2D eigenvalue weighted by Crippen LogP contribution is 2.52. The van der Waals surface area contributed by atoms with Gasteiger partial charge >= 0.3 is 0 Å². The van der Waals surface area contributed by atoms with Crippen LogP contribution in [-0.2, 0) is 5.41 Å². The summed E-state index contributed by atoms with van der Waals surface area (Å²) >= 11 is 0. The zero-order valence-electron chi connectivity index (χ0n) is 23.7. The van der Waals surface area contributed by atoms with Gasteiger partial charge in [-0.25, -0.2) is 0 Å². The standard InChI is InChI=1S/C34H43NSi/c1-23-24(2)26(4)32(35-33(5,6)7)31(25(23)3)34(28-19-13-14-20-28,27-17-11-10-12-18-27)29-21-15-16-22-30(29)36(8)9/h10-19,21-22,35-36H,20H2,1-9H3. The van der Waals surface area contributed by atoms with Crippen LogP contribution in [0.4, 0.5) is 5.69 Å². The molecule has 36 heavy (non-hydrogen) atoms. The Labute approximate surface area is 221 Å². The van der Waals surface area contributed by atoms with Gasteiger partial charge in [0, 0.05) is 11.2 Å². The molecule has 0 amide bonds. The third kappa shape index (κ3) is 4.41. The minimum absolute atomic E-state index is 0.0648. The first kappa shape index (κ1) is 26.2. The number of anilines is 1. The van der Waals surface area contributed by atoms with Crippen molar-refractivity contribution in [3.05, 3.63) is 117 Å². The maximum atomic E-state index is 4.01. The number of hydrogen-bond acceptors (Lipinski definition) is 1. The van der Waals surface area contributed by atoms with Gasteiger partial charge in [-0.1, -0.05) is 91.1 Å². The molecular formula is C34H43NSi. The second kappa shape index (κ2) is 9.90. The van der Waals surface area contributed by atoms with Gasteiger partial charge in [0.1, 0.15) is 0 Å². The molecule has 1 nitrogen and oxygen atoms in total. The van der Waals surface area contributed by atoms with Gasteiger partial charge in [-0.05, 0) is 99.4 Å². The van der Waals surface area contributed by atoms with Gasteiger partial charge in [0.15, 0.2) is 0 Å². The van der Waals surface area contributed by atoms with Crippen molar-refractivity contribution in [2.75, 3.05) is 5.32 Å². The lowest BCUT2D eigenvalue weighted by Gasteiger charge is -2.44. The van der Waals surface area contributed by atoms with E-state index in [1.54, 1.807) is 5.19 Å². The summed E-state index contributed by atoms with van der Waals surface area (Å²) in [5.41, 5.74) is 12.1. The molecule has 2 heteroatoms. The highest BCUT2D eigenvalue weighted by atomic mass is 28.3. The maximum Gasteiger partial charge on any atom is 0.0689 e. The Bertz CT molecular complexity index is 1320. The van der Waals surface area contributed by atoms with Crippen LogP contribution < -0.4 is 10.5 Å². The van der Waals surface area contributed by atoms with Crippen molar-refractivity contribution < 1.29 is 0 Å². The lowest BCUT2D eigenvalue weighted by molar-refractivity contribution is 0.625. The minimum atomic E-state index is -1.13. The molecule has 0 spiro atoms. The molecule has 4 rings (SSSR count). The molecule has 1 aliphatic rings. The number of benzene rings is 3. The van der Waals surface area contributed by atoms with Crippen molar-refractivity contribution in [3.63, 3.8) is 0 Å². The Morgan fingerprint density at radius 2 is 1.36 bits per heavy atom. The molecule has 0 radical (unpaired) electrons. The minimum Gasteiger partial charge on any atom is -0.380 e. The summed E-state index contributed by atoms with van der Waals surface area (Å²) in [6.07, 6.45) is 7.92. The van der Waals surface area contributed by atoms with Crippen molar-refractivity contribution in [2.24, 2.45) is 0 Å². The third-order valence-corrected chi connectivity index (χ3v) is 9.76. The van der Waals surface area contributed by atoms with E-state index < -0.39 is 8.80 Å². The lowest BCUT2D eigenvalue weighted by Crippen LogP contribution is -2.42. The zero-order valence-corrected chi connectivity index (χ0v) is 24.9. The molecule has 3 aromatic rings. The van der Waals surface area contributed by atoms with Crippen LogP contribution in [0.15, 0.2) is 78.4 Å². The lowest BCUT2D eigenvalue weighted by atomic mass is 9.61. The Morgan fingerprint density at radius 3 is 1.94 bits per heavy atom. The number of rotatable bonds is 6. The van der Waals surface area contributed by atoms with Gasteiger partial charge in [-0.15, -0.1) is 0 Å². The van der Waals surface area contributed by atoms with E-state index in [1.165, 1.54) is 50.2 Å². The fourth-order valence-corrected chi connectivity index (χ4v) is 7.45. The first-order chi connectivity index (χ1) is 17.0. The molecule has 0 aromatic heterocycles. The summed E-state index contributed by atoms with van der Waals surface area (Å²) in [4.78, 5) is 0. The molecule has 0 fully saturated rings. The van der Waals surface area contributed by atoms with Gasteiger partial charge in [-0.2, -0.15) is 0 Å². The van der Waals surface area contributed by atoms with E-state index in [4.69, 9.17) is 0 Å². The highest BCUT2D eigenvalue weighted by Gasteiger charge is 2.45. The van der Waals surface area contributed by atoms with Crippen molar-refractivity contribution in [1.82, 2.24) is 0 Å². The first-order valence-corrected chi connectivity index (χ1v) is 16.3. The molecule has 188 valence electrons. The third-order valence-electron chi connectivity index (χ3n) is 8.01. The summed E-state index contributed by atoms with van der Waals surface area (Å²) in [5.74, 6) is 0. The predicted octanol–water partition coefficient (Wildman–Crippen LogP) is 8.05. The first-order valence-electron chi connectivity index (χ1n) is 13.4. The second-order valence-corrected chi connectivity index (χ2v) is 14.7. The smallest absolute Gasteiger partial charge is 0.0689 e. The van der Waals surface area contributed by atoms with E-state index in [2.05, 4.69) is 140 Å². The van der Waals surface area contributed by atoms with Crippen molar-refractivity contribution in [2.45, 2.75) is 78.9 Å². The Balaban J connectivity index is 2.30. The van der Waals surface area contributed by atoms with Crippen LogP contribution >= 0.6 is 0 Å². The van der Waals surface area contributed by atoms with E-state index in [1.807, 2.05) is 0 Å². The van der Waals surface area contributed by atoms with Gasteiger partial charge < -0.3 is 5.32 Å². The van der Waals surface area contributed by atoms with E-state index >= 15 is 0 Å². The monoisotopic (exact) mass is 493 g/mol. The van der Waals surface area contributed by atoms with Crippen LogP contribution in [0.2, 0.25) is 13.1 Å². The van der Waals surface area contributed by atoms with Crippen LogP contribution in [0.1, 0.15) is 66.1 Å². The highest BCUT2D eigenvalue weighted by molar-refractivity contribution is 6.71. The average Bonchev–Trinajstić information content (AvgIpc) is 3.39. The molecule has 0 heterocycles. The summed E-state index contributed by atoms with van der Waals surface area (Å²) in [7, 11) is -1.13. The quantitative estimate of drug-likeness (QED) is 0.270. The second-order valence-electron chi connectivity index (χ2n) is 11.8. The van der Waals surface area contributed by atoms with Crippen LogP contribution in [0, 0.1) is 27.7 Å². The van der Waals surface area contributed by atoms with Gasteiger partial charge in [0.05, 0.1) is 14.2 Å². The SMILES string of the molecule is Cc1c(C)c(C)c(C(C2=CC=CC2)(c2ccccc2)c2ccccc2[SiH](C)C)c(NC(C)(C)C)c1C. The van der Waals surface area contributed by atoms with Gasteiger partial charge in [0.2, 0.25) is 0 Å². The molecule has 1 atom stereocenters.